The van der Waals surface area contributed by atoms with Gasteiger partial charge in [-0.3, -0.25) is 4.79 Å². The van der Waals surface area contributed by atoms with Gasteiger partial charge in [0.15, 0.2) is 9.53 Å². The number of ether oxygens (including phenoxy) is 2. The number of hydrogen-bond donors (Lipinski definition) is 1. The van der Waals surface area contributed by atoms with Crippen LogP contribution in [0.15, 0.2) is 30.3 Å². The average molecular weight is 389 g/mol. The molecule has 1 aliphatic heterocycles. The van der Waals surface area contributed by atoms with Crippen LogP contribution in [-0.2, 0) is 14.3 Å². The summed E-state index contributed by atoms with van der Waals surface area (Å²) in [5, 5.41) is 2.75. The van der Waals surface area contributed by atoms with Gasteiger partial charge < -0.3 is 14.8 Å². The lowest BCUT2D eigenvalue weighted by Crippen LogP contribution is -2.45. The van der Waals surface area contributed by atoms with Crippen molar-refractivity contribution in [2.45, 2.75) is 29.4 Å². The molecule has 1 saturated heterocycles. The number of benzene rings is 1. The predicted molar refractivity (Wildman–Crippen MR) is 81.6 cm³/mol. The molecule has 0 radical (unpaired) electrons. The maximum atomic E-state index is 12.1. The van der Waals surface area contributed by atoms with Gasteiger partial charge in [0, 0.05) is 0 Å². The van der Waals surface area contributed by atoms with E-state index in [0.29, 0.717) is 6.61 Å². The summed E-state index contributed by atoms with van der Waals surface area (Å²) >= 11 is 1.99. The first kappa shape index (κ1) is 15.1. The fraction of sp³-hybridized carbons (Fsp3) is 0.429. The largest absolute Gasteiger partial charge is 0.465 e. The van der Waals surface area contributed by atoms with Crippen molar-refractivity contribution in [3.05, 3.63) is 35.9 Å². The molecule has 1 N–H and O–H groups in total. The fourth-order valence-corrected chi connectivity index (χ4v) is 2.79. The summed E-state index contributed by atoms with van der Waals surface area (Å²) < 4.78 is 9.42. The molecule has 0 saturated carbocycles. The Kier molecular flexibility index (Phi) is 4.52. The highest BCUT2D eigenvalue weighted by Crippen LogP contribution is 2.38. The van der Waals surface area contributed by atoms with Crippen LogP contribution in [0.25, 0.3) is 0 Å². The number of esters is 1. The van der Waals surface area contributed by atoms with Crippen LogP contribution in [0.4, 0.5) is 4.79 Å². The number of rotatable bonds is 4. The number of hydrogen-bond acceptors (Lipinski definition) is 4. The van der Waals surface area contributed by atoms with Crippen LogP contribution in [-0.4, -0.2) is 28.2 Å². The minimum atomic E-state index is -0.951. The quantitative estimate of drug-likeness (QED) is 0.489. The van der Waals surface area contributed by atoms with E-state index >= 15 is 0 Å². The third-order valence-corrected chi connectivity index (χ3v) is 4.23. The maximum Gasteiger partial charge on any atom is 0.408 e. The number of nitrogens with one attached hydrogen (secondary N) is 1. The third kappa shape index (κ3) is 2.89. The lowest BCUT2D eigenvalue weighted by molar-refractivity contribution is -0.147. The van der Waals surface area contributed by atoms with E-state index < -0.39 is 15.6 Å². The molecule has 20 heavy (non-hydrogen) atoms. The molecular weight excluding hydrogens is 373 g/mol. The molecule has 108 valence electrons. The monoisotopic (exact) mass is 389 g/mol. The Hall–Kier alpha value is -1.31. The van der Waals surface area contributed by atoms with Gasteiger partial charge in [0.2, 0.25) is 0 Å². The van der Waals surface area contributed by atoms with Gasteiger partial charge in [0.1, 0.15) is 0 Å². The van der Waals surface area contributed by atoms with Gasteiger partial charge in [0.05, 0.1) is 12.6 Å². The lowest BCUT2D eigenvalue weighted by Gasteiger charge is -2.29. The third-order valence-electron chi connectivity index (χ3n) is 3.18. The molecule has 1 heterocycles. The Balaban J connectivity index is 2.29. The zero-order valence-electron chi connectivity index (χ0n) is 11.3. The number of cyclic esters (lactones) is 1. The Labute approximate surface area is 131 Å². The number of amides is 1. The average Bonchev–Trinajstić information content (AvgIpc) is 2.83. The molecule has 1 unspecified atom stereocenters. The van der Waals surface area contributed by atoms with Crippen LogP contribution in [0, 0.1) is 0 Å². The molecule has 0 aromatic heterocycles. The standard InChI is InChI=1S/C14H16INO4/c1-3-19-12(17)14(2,15)11-10(16-13(18)20-11)9-7-5-4-6-8-9/h4-8,10-11H,3H2,1-2H3,(H,16,18)/t10-,11+,14?/m0/s1. The summed E-state index contributed by atoms with van der Waals surface area (Å²) in [4.78, 5) is 23.7. The predicted octanol–water partition coefficient (Wildman–Crippen LogP) is 2.59. The fourth-order valence-electron chi connectivity index (χ4n) is 2.15. The van der Waals surface area contributed by atoms with Crippen molar-refractivity contribution < 1.29 is 19.1 Å². The Morgan fingerprint density at radius 1 is 1.45 bits per heavy atom. The van der Waals surface area contributed by atoms with Gasteiger partial charge in [0.25, 0.3) is 0 Å². The molecule has 2 rings (SSSR count). The van der Waals surface area contributed by atoms with E-state index in [0.717, 1.165) is 5.56 Å². The van der Waals surface area contributed by atoms with Crippen molar-refractivity contribution in [2.24, 2.45) is 0 Å². The van der Waals surface area contributed by atoms with Gasteiger partial charge in [-0.1, -0.05) is 52.9 Å². The van der Waals surface area contributed by atoms with E-state index in [4.69, 9.17) is 9.47 Å². The highest BCUT2D eigenvalue weighted by Gasteiger charge is 2.51. The van der Waals surface area contributed by atoms with E-state index in [2.05, 4.69) is 5.32 Å². The van der Waals surface area contributed by atoms with E-state index in [-0.39, 0.29) is 12.0 Å². The molecular formula is C14H16INO4. The van der Waals surface area contributed by atoms with Crippen LogP contribution in [0.5, 0.6) is 0 Å². The summed E-state index contributed by atoms with van der Waals surface area (Å²) in [6.07, 6.45) is -1.13. The van der Waals surface area contributed by atoms with Gasteiger partial charge in [-0.05, 0) is 19.4 Å². The van der Waals surface area contributed by atoms with Crippen molar-refractivity contribution in [3.63, 3.8) is 0 Å². The van der Waals surface area contributed by atoms with Crippen molar-refractivity contribution in [2.75, 3.05) is 6.61 Å². The molecule has 6 heteroatoms. The van der Waals surface area contributed by atoms with Crippen LogP contribution in [0.1, 0.15) is 25.5 Å². The second kappa shape index (κ2) is 5.99. The van der Waals surface area contributed by atoms with Crippen LogP contribution >= 0.6 is 22.6 Å². The van der Waals surface area contributed by atoms with Crippen LogP contribution < -0.4 is 5.32 Å². The molecule has 1 fully saturated rings. The second-order valence-corrected chi connectivity index (χ2v) is 6.90. The van der Waals surface area contributed by atoms with Gasteiger partial charge >= 0.3 is 12.1 Å². The smallest absolute Gasteiger partial charge is 0.408 e. The lowest BCUT2D eigenvalue weighted by atomic mass is 9.93. The second-order valence-electron chi connectivity index (χ2n) is 4.65. The summed E-state index contributed by atoms with van der Waals surface area (Å²) in [5.41, 5.74) is 0.899. The van der Waals surface area contributed by atoms with E-state index in [1.54, 1.807) is 13.8 Å². The molecule has 0 bridgehead atoms. The molecule has 0 spiro atoms. The van der Waals surface area contributed by atoms with Crippen molar-refractivity contribution in [1.29, 1.82) is 0 Å². The Morgan fingerprint density at radius 3 is 2.70 bits per heavy atom. The minimum Gasteiger partial charge on any atom is -0.465 e. The summed E-state index contributed by atoms with van der Waals surface area (Å²) in [6, 6.07) is 9.08. The number of alkyl carbamates (subject to hydrolysis) is 1. The van der Waals surface area contributed by atoms with E-state index in [1.807, 2.05) is 52.9 Å². The topological polar surface area (TPSA) is 64.6 Å². The molecule has 3 atom stereocenters. The molecule has 0 aliphatic carbocycles. The summed E-state index contributed by atoms with van der Waals surface area (Å²) in [7, 11) is 0. The van der Waals surface area contributed by atoms with Crippen LogP contribution in [0.2, 0.25) is 0 Å². The van der Waals surface area contributed by atoms with Crippen molar-refractivity contribution in [1.82, 2.24) is 5.32 Å². The number of carbonyl (C=O) groups is 2. The van der Waals surface area contributed by atoms with Gasteiger partial charge in [-0.25, -0.2) is 4.79 Å². The minimum absolute atomic E-state index is 0.293. The van der Waals surface area contributed by atoms with Crippen molar-refractivity contribution in [3.8, 4) is 0 Å². The SMILES string of the molecule is CCOC(=O)C(C)(I)[C@@H]1OC(=O)N[C@H]1c1ccccc1. The molecule has 1 amide bonds. The number of carbonyl (C=O) groups excluding carboxylic acids is 2. The first-order valence-electron chi connectivity index (χ1n) is 6.35. The van der Waals surface area contributed by atoms with Crippen molar-refractivity contribution >= 4 is 34.7 Å². The first-order chi connectivity index (χ1) is 9.46. The zero-order valence-corrected chi connectivity index (χ0v) is 13.4. The van der Waals surface area contributed by atoms with Gasteiger partial charge in [-0.2, -0.15) is 0 Å². The maximum absolute atomic E-state index is 12.1. The first-order valence-corrected chi connectivity index (χ1v) is 7.43. The number of halogens is 1. The molecule has 1 aromatic rings. The highest BCUT2D eigenvalue weighted by atomic mass is 127. The van der Waals surface area contributed by atoms with Gasteiger partial charge in [-0.15, -0.1) is 0 Å². The number of alkyl halides is 1. The normalized spacial score (nSPS) is 24.4. The molecule has 5 nitrogen and oxygen atoms in total. The Morgan fingerprint density at radius 2 is 2.10 bits per heavy atom. The van der Waals surface area contributed by atoms with Crippen LogP contribution in [0.3, 0.4) is 0 Å². The molecule has 1 aliphatic rings. The van der Waals surface area contributed by atoms with E-state index in [1.165, 1.54) is 0 Å². The van der Waals surface area contributed by atoms with E-state index in [9.17, 15) is 9.59 Å². The molecule has 1 aromatic carbocycles. The Bertz CT molecular complexity index is 503. The summed E-state index contributed by atoms with van der Waals surface area (Å²) in [5.74, 6) is -0.386. The summed E-state index contributed by atoms with van der Waals surface area (Å²) in [6.45, 7) is 3.76. The zero-order chi connectivity index (χ0) is 14.8. The highest BCUT2D eigenvalue weighted by molar-refractivity contribution is 14.1.